The standard InChI is InChI=1S/C13H18BrFN2O/c1-2-3-9(7-16)13(18)17-8-10-6-11(14)4-5-12(10)15/h4-6,9H,2-3,7-8,16H2,1H3,(H,17,18). The first-order valence-electron chi connectivity index (χ1n) is 6.00. The van der Waals surface area contributed by atoms with Gasteiger partial charge in [0.05, 0.1) is 5.92 Å². The summed E-state index contributed by atoms with van der Waals surface area (Å²) in [5, 5.41) is 2.72. The van der Waals surface area contributed by atoms with Gasteiger partial charge in [0.15, 0.2) is 0 Å². The highest BCUT2D eigenvalue weighted by Gasteiger charge is 2.15. The predicted molar refractivity (Wildman–Crippen MR) is 73.4 cm³/mol. The molecule has 100 valence electrons. The van der Waals surface area contributed by atoms with Crippen molar-refractivity contribution in [3.8, 4) is 0 Å². The van der Waals surface area contributed by atoms with Gasteiger partial charge in [-0.05, 0) is 24.6 Å². The fourth-order valence-corrected chi connectivity index (χ4v) is 2.12. The van der Waals surface area contributed by atoms with Gasteiger partial charge in [0.25, 0.3) is 0 Å². The monoisotopic (exact) mass is 316 g/mol. The first-order chi connectivity index (χ1) is 8.58. The van der Waals surface area contributed by atoms with Gasteiger partial charge in [-0.3, -0.25) is 4.79 Å². The average Bonchev–Trinajstić information content (AvgIpc) is 2.36. The Kier molecular flexibility index (Phi) is 6.29. The van der Waals surface area contributed by atoms with E-state index in [0.29, 0.717) is 12.1 Å². The smallest absolute Gasteiger partial charge is 0.224 e. The van der Waals surface area contributed by atoms with Crippen molar-refractivity contribution in [2.24, 2.45) is 11.7 Å². The minimum atomic E-state index is -0.321. The third-order valence-corrected chi connectivity index (χ3v) is 3.25. The van der Waals surface area contributed by atoms with Gasteiger partial charge in [0.2, 0.25) is 5.91 Å². The molecule has 0 aliphatic rings. The number of benzene rings is 1. The summed E-state index contributed by atoms with van der Waals surface area (Å²) in [7, 11) is 0. The maximum Gasteiger partial charge on any atom is 0.224 e. The van der Waals surface area contributed by atoms with Gasteiger partial charge in [-0.15, -0.1) is 0 Å². The highest BCUT2D eigenvalue weighted by atomic mass is 79.9. The molecule has 0 saturated heterocycles. The van der Waals surface area contributed by atoms with Gasteiger partial charge in [-0.2, -0.15) is 0 Å². The lowest BCUT2D eigenvalue weighted by Crippen LogP contribution is -2.34. The zero-order valence-electron chi connectivity index (χ0n) is 10.4. The molecule has 0 aliphatic carbocycles. The van der Waals surface area contributed by atoms with Gasteiger partial charge in [-0.1, -0.05) is 29.3 Å². The number of hydrogen-bond donors (Lipinski definition) is 2. The molecule has 0 saturated carbocycles. The molecular weight excluding hydrogens is 299 g/mol. The van der Waals surface area contributed by atoms with Crippen molar-refractivity contribution in [3.05, 3.63) is 34.1 Å². The van der Waals surface area contributed by atoms with E-state index in [9.17, 15) is 9.18 Å². The molecule has 1 aromatic rings. The largest absolute Gasteiger partial charge is 0.352 e. The molecular formula is C13H18BrFN2O. The quantitative estimate of drug-likeness (QED) is 0.847. The van der Waals surface area contributed by atoms with E-state index in [-0.39, 0.29) is 24.2 Å². The molecule has 0 heterocycles. The Balaban J connectivity index is 2.58. The minimum absolute atomic E-state index is 0.112. The molecule has 0 bridgehead atoms. The van der Waals surface area contributed by atoms with E-state index in [4.69, 9.17) is 5.73 Å². The Bertz CT molecular complexity index is 412. The summed E-state index contributed by atoms with van der Waals surface area (Å²) in [6, 6.07) is 4.66. The van der Waals surface area contributed by atoms with Crippen molar-refractivity contribution in [2.75, 3.05) is 6.54 Å². The maximum atomic E-state index is 13.5. The molecule has 0 radical (unpaired) electrons. The SMILES string of the molecule is CCCC(CN)C(=O)NCc1cc(Br)ccc1F. The first-order valence-corrected chi connectivity index (χ1v) is 6.79. The van der Waals surface area contributed by atoms with Crippen LogP contribution in [0.4, 0.5) is 4.39 Å². The molecule has 5 heteroatoms. The average molecular weight is 317 g/mol. The Morgan fingerprint density at radius 2 is 2.28 bits per heavy atom. The molecule has 0 fully saturated rings. The zero-order chi connectivity index (χ0) is 13.5. The second kappa shape index (κ2) is 7.48. The topological polar surface area (TPSA) is 55.1 Å². The van der Waals surface area contributed by atoms with Crippen LogP contribution in [0.3, 0.4) is 0 Å². The summed E-state index contributed by atoms with van der Waals surface area (Å²) in [5.41, 5.74) is 6.00. The van der Waals surface area contributed by atoms with Crippen LogP contribution in [0.15, 0.2) is 22.7 Å². The normalized spacial score (nSPS) is 12.2. The van der Waals surface area contributed by atoms with Gasteiger partial charge >= 0.3 is 0 Å². The fourth-order valence-electron chi connectivity index (χ4n) is 1.71. The van der Waals surface area contributed by atoms with E-state index in [1.54, 1.807) is 12.1 Å². The summed E-state index contributed by atoms with van der Waals surface area (Å²) >= 11 is 3.27. The first kappa shape index (κ1) is 15.1. The number of halogens is 2. The Morgan fingerprint density at radius 1 is 1.56 bits per heavy atom. The molecule has 1 unspecified atom stereocenters. The number of amides is 1. The molecule has 0 aliphatic heterocycles. The second-order valence-corrected chi connectivity index (χ2v) is 5.09. The minimum Gasteiger partial charge on any atom is -0.352 e. The second-order valence-electron chi connectivity index (χ2n) is 4.17. The van der Waals surface area contributed by atoms with Crippen LogP contribution in [0.25, 0.3) is 0 Å². The lowest BCUT2D eigenvalue weighted by molar-refractivity contribution is -0.125. The number of carbonyl (C=O) groups is 1. The Hall–Kier alpha value is -0.940. The summed E-state index contributed by atoms with van der Waals surface area (Å²) in [6.45, 7) is 2.51. The molecule has 0 spiro atoms. The molecule has 0 aromatic heterocycles. The highest BCUT2D eigenvalue weighted by Crippen LogP contribution is 2.15. The van der Waals surface area contributed by atoms with Crippen molar-refractivity contribution in [1.82, 2.24) is 5.32 Å². The van der Waals surface area contributed by atoms with E-state index < -0.39 is 0 Å². The molecule has 1 atom stereocenters. The zero-order valence-corrected chi connectivity index (χ0v) is 12.0. The van der Waals surface area contributed by atoms with Crippen LogP contribution >= 0.6 is 15.9 Å². The van der Waals surface area contributed by atoms with Gasteiger partial charge in [0, 0.05) is 23.1 Å². The van der Waals surface area contributed by atoms with E-state index >= 15 is 0 Å². The summed E-state index contributed by atoms with van der Waals surface area (Å²) in [5.74, 6) is -0.623. The lowest BCUT2D eigenvalue weighted by atomic mass is 10.0. The molecule has 18 heavy (non-hydrogen) atoms. The summed E-state index contributed by atoms with van der Waals surface area (Å²) < 4.78 is 14.2. The number of carbonyl (C=O) groups excluding carboxylic acids is 1. The van der Waals surface area contributed by atoms with Crippen LogP contribution in [0, 0.1) is 11.7 Å². The number of nitrogens with two attached hydrogens (primary N) is 1. The van der Waals surface area contributed by atoms with E-state index in [1.807, 2.05) is 6.92 Å². The molecule has 3 N–H and O–H groups in total. The van der Waals surface area contributed by atoms with Crippen molar-refractivity contribution >= 4 is 21.8 Å². The Labute approximate surface area is 115 Å². The van der Waals surface area contributed by atoms with Crippen molar-refractivity contribution in [3.63, 3.8) is 0 Å². The van der Waals surface area contributed by atoms with Gasteiger partial charge in [0.1, 0.15) is 5.82 Å². The maximum absolute atomic E-state index is 13.5. The van der Waals surface area contributed by atoms with Crippen molar-refractivity contribution in [2.45, 2.75) is 26.3 Å². The van der Waals surface area contributed by atoms with Gasteiger partial charge < -0.3 is 11.1 Å². The summed E-state index contributed by atoms with van der Waals surface area (Å²) in [6.07, 6.45) is 1.66. The number of hydrogen-bond acceptors (Lipinski definition) is 2. The predicted octanol–water partition coefficient (Wildman–Crippen LogP) is 2.58. The van der Waals surface area contributed by atoms with Gasteiger partial charge in [-0.25, -0.2) is 4.39 Å². The van der Waals surface area contributed by atoms with E-state index in [2.05, 4.69) is 21.2 Å². The van der Waals surface area contributed by atoms with Crippen LogP contribution in [-0.2, 0) is 11.3 Å². The molecule has 3 nitrogen and oxygen atoms in total. The summed E-state index contributed by atoms with van der Waals surface area (Å²) in [4.78, 5) is 11.8. The van der Waals surface area contributed by atoms with Crippen LogP contribution in [-0.4, -0.2) is 12.5 Å². The third kappa shape index (κ3) is 4.38. The van der Waals surface area contributed by atoms with Crippen molar-refractivity contribution < 1.29 is 9.18 Å². The van der Waals surface area contributed by atoms with Crippen LogP contribution in [0.5, 0.6) is 0 Å². The lowest BCUT2D eigenvalue weighted by Gasteiger charge is -2.14. The van der Waals surface area contributed by atoms with Crippen LogP contribution in [0.1, 0.15) is 25.3 Å². The van der Waals surface area contributed by atoms with E-state index in [0.717, 1.165) is 17.3 Å². The fraction of sp³-hybridized carbons (Fsp3) is 0.462. The number of nitrogens with one attached hydrogen (secondary N) is 1. The van der Waals surface area contributed by atoms with E-state index in [1.165, 1.54) is 6.07 Å². The number of rotatable bonds is 6. The Morgan fingerprint density at radius 3 is 2.89 bits per heavy atom. The highest BCUT2D eigenvalue weighted by molar-refractivity contribution is 9.10. The van der Waals surface area contributed by atoms with Crippen LogP contribution in [0.2, 0.25) is 0 Å². The third-order valence-electron chi connectivity index (χ3n) is 2.75. The molecule has 1 aromatic carbocycles. The molecule has 1 amide bonds. The molecule has 1 rings (SSSR count). The van der Waals surface area contributed by atoms with Crippen LogP contribution < -0.4 is 11.1 Å². The van der Waals surface area contributed by atoms with Crippen molar-refractivity contribution in [1.29, 1.82) is 0 Å².